The van der Waals surface area contributed by atoms with Crippen LogP contribution in [0.5, 0.6) is 0 Å². The van der Waals surface area contributed by atoms with Gasteiger partial charge in [-0.1, -0.05) is 6.42 Å². The highest BCUT2D eigenvalue weighted by Gasteiger charge is 2.22. The fraction of sp³-hybridized carbons (Fsp3) is 0.444. The van der Waals surface area contributed by atoms with Gasteiger partial charge < -0.3 is 0 Å². The van der Waals surface area contributed by atoms with Crippen molar-refractivity contribution >= 4 is 11.0 Å². The van der Waals surface area contributed by atoms with Gasteiger partial charge in [0.25, 0.3) is 0 Å². The summed E-state index contributed by atoms with van der Waals surface area (Å²) in [7, 11) is 0. The summed E-state index contributed by atoms with van der Waals surface area (Å²) in [6, 6.07) is 2.00. The molecule has 0 saturated carbocycles. The molecule has 0 spiro atoms. The molecule has 0 amide bonds. The molecule has 0 aromatic carbocycles. The van der Waals surface area contributed by atoms with Gasteiger partial charge in [0.1, 0.15) is 12.5 Å². The molecule has 0 aliphatic carbocycles. The lowest BCUT2D eigenvalue weighted by molar-refractivity contribution is 0.120. The Labute approximate surface area is 141 Å². The Morgan fingerprint density at radius 1 is 1.08 bits per heavy atom. The molecule has 4 heterocycles. The summed E-state index contributed by atoms with van der Waals surface area (Å²) in [5.41, 5.74) is 3.99. The number of aryl methyl sites for hydroxylation is 1. The van der Waals surface area contributed by atoms with E-state index in [2.05, 4.69) is 38.8 Å². The van der Waals surface area contributed by atoms with Crippen molar-refractivity contribution in [3.63, 3.8) is 0 Å². The first kappa shape index (κ1) is 15.2. The van der Waals surface area contributed by atoms with E-state index in [9.17, 15) is 0 Å². The Kier molecular flexibility index (Phi) is 3.98. The zero-order valence-electron chi connectivity index (χ0n) is 14.2. The number of pyridine rings is 1. The lowest BCUT2D eigenvalue weighted by Gasteiger charge is -2.32. The van der Waals surface area contributed by atoms with E-state index in [4.69, 9.17) is 0 Å². The Morgan fingerprint density at radius 2 is 1.92 bits per heavy atom. The number of likely N-dealkylation sites (tertiary alicyclic amines) is 1. The van der Waals surface area contributed by atoms with Crippen molar-refractivity contribution in [3.8, 4) is 11.3 Å². The predicted molar refractivity (Wildman–Crippen MR) is 93.4 cm³/mol. The zero-order chi connectivity index (χ0) is 16.5. The van der Waals surface area contributed by atoms with E-state index >= 15 is 0 Å². The first-order valence-electron chi connectivity index (χ1n) is 8.59. The summed E-state index contributed by atoms with van der Waals surface area (Å²) in [4.78, 5) is 15.7. The minimum Gasteiger partial charge on any atom is -0.282 e. The summed E-state index contributed by atoms with van der Waals surface area (Å²) in [5, 5.41) is 5.62. The highest BCUT2D eigenvalue weighted by molar-refractivity contribution is 5.90. The average Bonchev–Trinajstić information content (AvgIpc) is 3.06. The monoisotopic (exact) mass is 322 g/mol. The molecule has 0 bridgehead atoms. The third-order valence-electron chi connectivity index (χ3n) is 4.96. The summed E-state index contributed by atoms with van der Waals surface area (Å²) in [5.74, 6) is 0. The molecule has 4 rings (SSSR count). The Morgan fingerprint density at radius 3 is 2.71 bits per heavy atom. The van der Waals surface area contributed by atoms with E-state index in [1.54, 1.807) is 12.5 Å². The van der Waals surface area contributed by atoms with E-state index in [0.717, 1.165) is 40.9 Å². The van der Waals surface area contributed by atoms with E-state index in [1.807, 2.05) is 23.1 Å². The highest BCUT2D eigenvalue weighted by atomic mass is 15.4. The number of hydrogen-bond donors (Lipinski definition) is 0. The molecule has 1 aliphatic heterocycles. The minimum atomic E-state index is 0.209. The molecule has 1 saturated heterocycles. The van der Waals surface area contributed by atoms with Crippen LogP contribution in [0.4, 0.5) is 0 Å². The molecule has 0 radical (unpaired) electrons. The fourth-order valence-corrected chi connectivity index (χ4v) is 3.51. The van der Waals surface area contributed by atoms with Crippen molar-refractivity contribution in [2.75, 3.05) is 13.1 Å². The molecule has 124 valence electrons. The molecule has 0 N–H and O–H groups in total. The van der Waals surface area contributed by atoms with E-state index in [1.165, 1.54) is 19.3 Å². The predicted octanol–water partition coefficient (Wildman–Crippen LogP) is 3.20. The van der Waals surface area contributed by atoms with Gasteiger partial charge in [0.2, 0.25) is 0 Å². The zero-order valence-corrected chi connectivity index (χ0v) is 14.2. The molecule has 1 atom stereocenters. The summed E-state index contributed by atoms with van der Waals surface area (Å²) < 4.78 is 2.03. The van der Waals surface area contributed by atoms with Crippen LogP contribution in [0.3, 0.4) is 0 Å². The van der Waals surface area contributed by atoms with Crippen LogP contribution in [-0.4, -0.2) is 42.7 Å². The first-order valence-corrected chi connectivity index (χ1v) is 8.59. The van der Waals surface area contributed by atoms with Gasteiger partial charge in [-0.2, -0.15) is 5.10 Å². The van der Waals surface area contributed by atoms with E-state index in [-0.39, 0.29) is 6.17 Å². The van der Waals surface area contributed by atoms with Crippen LogP contribution in [0, 0.1) is 6.92 Å². The molecule has 24 heavy (non-hydrogen) atoms. The largest absolute Gasteiger partial charge is 0.282 e. The van der Waals surface area contributed by atoms with Crippen LogP contribution < -0.4 is 0 Å². The topological polar surface area (TPSA) is 59.7 Å². The Balaban J connectivity index is 1.78. The van der Waals surface area contributed by atoms with Gasteiger partial charge in [-0.3, -0.25) is 9.88 Å². The van der Waals surface area contributed by atoms with Gasteiger partial charge in [0.15, 0.2) is 5.65 Å². The third-order valence-corrected chi connectivity index (χ3v) is 4.96. The number of fused-ring (bicyclic) bond motifs is 1. The van der Waals surface area contributed by atoms with Crippen LogP contribution in [0.25, 0.3) is 22.3 Å². The van der Waals surface area contributed by atoms with Crippen molar-refractivity contribution < 1.29 is 0 Å². The SMILES string of the molecule is Cc1ccncc1-c1ncnc2c1cnn2C(C)N1CCCCC1. The van der Waals surface area contributed by atoms with Gasteiger partial charge in [0.05, 0.1) is 17.3 Å². The van der Waals surface area contributed by atoms with E-state index < -0.39 is 0 Å². The van der Waals surface area contributed by atoms with Gasteiger partial charge >= 0.3 is 0 Å². The molecule has 1 unspecified atom stereocenters. The van der Waals surface area contributed by atoms with Crippen LogP contribution in [0.15, 0.2) is 31.0 Å². The van der Waals surface area contributed by atoms with Crippen LogP contribution in [0.2, 0.25) is 0 Å². The molecule has 3 aromatic heterocycles. The van der Waals surface area contributed by atoms with Crippen molar-refractivity contribution in [3.05, 3.63) is 36.5 Å². The standard InChI is InChI=1S/C18H22N6/c1-13-6-7-19-10-15(13)17-16-11-22-24(18(16)21-12-20-17)14(2)23-8-4-3-5-9-23/h6-7,10-12,14H,3-5,8-9H2,1-2H3. The van der Waals surface area contributed by atoms with Crippen LogP contribution >= 0.6 is 0 Å². The summed E-state index contributed by atoms with van der Waals surface area (Å²) >= 11 is 0. The van der Waals surface area contributed by atoms with Gasteiger partial charge in [-0.15, -0.1) is 0 Å². The molecule has 6 heteroatoms. The van der Waals surface area contributed by atoms with Crippen LogP contribution in [-0.2, 0) is 0 Å². The number of nitrogens with zero attached hydrogens (tertiary/aromatic N) is 6. The van der Waals surface area contributed by atoms with E-state index in [0.29, 0.717) is 0 Å². The maximum absolute atomic E-state index is 4.64. The van der Waals surface area contributed by atoms with Gasteiger partial charge in [-0.05, 0) is 38.3 Å². The van der Waals surface area contributed by atoms with Crippen molar-refractivity contribution in [2.45, 2.75) is 39.3 Å². The number of piperidine rings is 1. The average molecular weight is 322 g/mol. The maximum Gasteiger partial charge on any atom is 0.163 e. The normalized spacial score (nSPS) is 17.2. The summed E-state index contributed by atoms with van der Waals surface area (Å²) in [6.45, 7) is 6.53. The molecule has 6 nitrogen and oxygen atoms in total. The second-order valence-corrected chi connectivity index (χ2v) is 6.47. The smallest absolute Gasteiger partial charge is 0.163 e. The quantitative estimate of drug-likeness (QED) is 0.741. The molecular formula is C18H22N6. The molecule has 1 aliphatic rings. The highest BCUT2D eigenvalue weighted by Crippen LogP contribution is 2.29. The van der Waals surface area contributed by atoms with Crippen molar-refractivity contribution in [2.24, 2.45) is 0 Å². The van der Waals surface area contributed by atoms with Gasteiger partial charge in [0, 0.05) is 31.0 Å². The maximum atomic E-state index is 4.64. The Hall–Kier alpha value is -2.34. The lowest BCUT2D eigenvalue weighted by atomic mass is 10.1. The minimum absolute atomic E-state index is 0.209. The van der Waals surface area contributed by atoms with Crippen molar-refractivity contribution in [1.29, 1.82) is 0 Å². The fourth-order valence-electron chi connectivity index (χ4n) is 3.51. The molecule has 1 fully saturated rings. The first-order chi connectivity index (χ1) is 11.8. The lowest BCUT2D eigenvalue weighted by Crippen LogP contribution is -2.35. The molecule has 3 aromatic rings. The van der Waals surface area contributed by atoms with Gasteiger partial charge in [-0.25, -0.2) is 14.6 Å². The second kappa shape index (κ2) is 6.28. The number of hydrogen-bond acceptors (Lipinski definition) is 5. The van der Waals surface area contributed by atoms with Crippen LogP contribution in [0.1, 0.15) is 37.9 Å². The third kappa shape index (κ3) is 2.57. The number of rotatable bonds is 3. The number of aromatic nitrogens is 5. The summed E-state index contributed by atoms with van der Waals surface area (Å²) in [6.07, 6.45) is 11.2. The second-order valence-electron chi connectivity index (χ2n) is 6.47. The molecular weight excluding hydrogens is 300 g/mol. The van der Waals surface area contributed by atoms with Crippen molar-refractivity contribution in [1.82, 2.24) is 29.6 Å². The Bertz CT molecular complexity index is 850.